The average molecular weight is 249 g/mol. The van der Waals surface area contributed by atoms with Crippen LogP contribution in [0.4, 0.5) is 0 Å². The van der Waals surface area contributed by atoms with E-state index in [1.165, 1.54) is 0 Å². The van der Waals surface area contributed by atoms with Crippen molar-refractivity contribution in [2.75, 3.05) is 0 Å². The fourth-order valence-corrected chi connectivity index (χ4v) is 0.787. The Kier molecular flexibility index (Phi) is 17.0. The topological polar surface area (TPSA) is 179 Å². The number of rotatable bonds is 2. The van der Waals surface area contributed by atoms with E-state index < -0.39 is 20.5 Å². The van der Waals surface area contributed by atoms with Gasteiger partial charge >= 0.3 is 63.0 Å². The van der Waals surface area contributed by atoms with Crippen molar-refractivity contribution in [3.05, 3.63) is 0 Å². The van der Waals surface area contributed by atoms with Crippen molar-refractivity contribution >= 4 is 59.1 Å². The smallest absolute Gasteiger partial charge is 0.169 e. The Labute approximate surface area is 115 Å². The standard InChI is InChI=1S/Cl2O7.2Na.H2O.2H/c3-1(4,5)9-2(6,7)8;;;;;/h;;;1H2;;. The molecule has 0 saturated carbocycles. The van der Waals surface area contributed by atoms with E-state index in [0.717, 1.165) is 0 Å². The third-order valence-corrected chi connectivity index (χ3v) is 1.29. The summed E-state index contributed by atoms with van der Waals surface area (Å²) in [6, 6.07) is 0. The summed E-state index contributed by atoms with van der Waals surface area (Å²) in [5.74, 6) is 0. The maximum absolute atomic E-state index is 9.26. The van der Waals surface area contributed by atoms with E-state index in [1.54, 1.807) is 0 Å². The molecule has 2 N–H and O–H groups in total. The van der Waals surface area contributed by atoms with E-state index >= 15 is 0 Å². The van der Waals surface area contributed by atoms with Crippen LogP contribution in [0.3, 0.4) is 0 Å². The first-order chi connectivity index (χ1) is 3.71. The minimum Gasteiger partial charge on any atom is -0.169 e. The average Bonchev–Trinajstić information content (AvgIpc) is 1.14. The van der Waals surface area contributed by atoms with E-state index in [0.29, 0.717) is 0 Å². The fraction of sp³-hybridized carbons (Fsp3) is 0. The third kappa shape index (κ3) is 22.8. The number of hydrogen-bond donors (Lipinski definition) is 0. The van der Waals surface area contributed by atoms with Gasteiger partial charge in [0.25, 0.3) is 0 Å². The van der Waals surface area contributed by atoms with Crippen LogP contribution < -0.4 is 28.0 Å². The van der Waals surface area contributed by atoms with Crippen LogP contribution >= 0.6 is 0 Å². The van der Waals surface area contributed by atoms with Crippen molar-refractivity contribution in [3.8, 4) is 0 Å². The van der Waals surface area contributed by atoms with Crippen molar-refractivity contribution < 1.29 is 57.8 Å². The summed E-state index contributed by atoms with van der Waals surface area (Å²) in [5, 5.41) is 0. The molecular formula is H4Cl2Na2O8. The van der Waals surface area contributed by atoms with Crippen LogP contribution in [0.25, 0.3) is 0 Å². The molecule has 0 saturated heterocycles. The molecule has 0 aliphatic carbocycles. The van der Waals surface area contributed by atoms with Gasteiger partial charge in [0.1, 0.15) is 0 Å². The van der Waals surface area contributed by atoms with Gasteiger partial charge in [0.15, 0.2) is 0 Å². The van der Waals surface area contributed by atoms with E-state index in [9.17, 15) is 28.0 Å². The van der Waals surface area contributed by atoms with Crippen LogP contribution in [0.1, 0.15) is 0 Å². The van der Waals surface area contributed by atoms with E-state index in [-0.39, 0.29) is 64.6 Å². The molecule has 8 nitrogen and oxygen atoms in total. The van der Waals surface area contributed by atoms with Gasteiger partial charge < -0.3 is 5.48 Å². The summed E-state index contributed by atoms with van der Waals surface area (Å²) >= 11 is 0. The maximum atomic E-state index is 9.26. The minimum atomic E-state index is -5.19. The van der Waals surface area contributed by atoms with Crippen LogP contribution in [0, 0.1) is 20.5 Å². The monoisotopic (exact) mass is 248 g/mol. The predicted octanol–water partition coefficient (Wildman–Crippen LogP) is -9.32. The van der Waals surface area contributed by atoms with Crippen LogP contribution in [0.5, 0.6) is 0 Å². The Hall–Kier alpha value is 2.26. The van der Waals surface area contributed by atoms with Crippen LogP contribution in [-0.4, -0.2) is 64.6 Å². The zero-order valence-electron chi connectivity index (χ0n) is 4.11. The summed E-state index contributed by atoms with van der Waals surface area (Å²) in [6.07, 6.45) is 0. The SMILES string of the molecule is O.[NaH].[NaH].[O-][Cl+3]([O-])([O-])O[Cl+3]([O-])([O-])[O-]. The first kappa shape index (κ1) is 23.8. The molecule has 0 spiro atoms. The van der Waals surface area contributed by atoms with Gasteiger partial charge in [-0.25, -0.2) is 0 Å². The molecule has 0 radical (unpaired) electrons. The quantitative estimate of drug-likeness (QED) is 0.435. The molecule has 0 rings (SSSR count). The Morgan fingerprint density at radius 3 is 0.833 bits per heavy atom. The number of hydrogen-bond acceptors (Lipinski definition) is 7. The van der Waals surface area contributed by atoms with Gasteiger partial charge in [-0.3, -0.25) is 0 Å². The molecular weight excluding hydrogens is 245 g/mol. The summed E-state index contributed by atoms with van der Waals surface area (Å²) in [6.45, 7) is 0. The number of halogens is 2. The molecule has 0 heterocycles. The first-order valence-corrected chi connectivity index (χ1v) is 3.70. The van der Waals surface area contributed by atoms with E-state index in [4.69, 9.17) is 0 Å². The molecule has 12 heteroatoms. The van der Waals surface area contributed by atoms with Crippen LogP contribution in [-0.2, 0) is 3.84 Å². The van der Waals surface area contributed by atoms with E-state index in [1.807, 2.05) is 0 Å². The third-order valence-electron chi connectivity index (χ3n) is 0.143. The molecule has 12 heavy (non-hydrogen) atoms. The molecule has 0 atom stereocenters. The molecule has 0 aromatic rings. The summed E-state index contributed by atoms with van der Waals surface area (Å²) in [5.41, 5.74) is 0. The second-order valence-electron chi connectivity index (χ2n) is 0.814. The normalized spacial score (nSPS) is 10.5. The Morgan fingerprint density at radius 2 is 0.833 bits per heavy atom. The Balaban J connectivity index is -0.000000107. The van der Waals surface area contributed by atoms with Gasteiger partial charge in [0.2, 0.25) is 20.5 Å². The van der Waals surface area contributed by atoms with Crippen molar-refractivity contribution in [2.45, 2.75) is 0 Å². The zero-order valence-corrected chi connectivity index (χ0v) is 5.63. The molecule has 0 aliphatic rings. The van der Waals surface area contributed by atoms with Gasteiger partial charge in [-0.1, -0.05) is 0 Å². The van der Waals surface area contributed by atoms with Gasteiger partial charge in [-0.15, -0.1) is 0 Å². The molecule has 0 unspecified atom stereocenters. The van der Waals surface area contributed by atoms with Gasteiger partial charge in [0.05, 0.1) is 0 Å². The molecule has 0 aromatic heterocycles. The summed E-state index contributed by atoms with van der Waals surface area (Å²) in [7, 11) is -10.4. The minimum absolute atomic E-state index is 0. The largest absolute Gasteiger partial charge is 0.517 e. The zero-order chi connectivity index (χ0) is 7.71. The van der Waals surface area contributed by atoms with Gasteiger partial charge in [0, 0.05) is 0 Å². The van der Waals surface area contributed by atoms with Crippen molar-refractivity contribution in [3.63, 3.8) is 0 Å². The summed E-state index contributed by atoms with van der Waals surface area (Å²) < 4.78 is 57.9. The molecule has 68 valence electrons. The molecule has 0 bridgehead atoms. The summed E-state index contributed by atoms with van der Waals surface area (Å²) in [4.78, 5) is 0. The maximum Gasteiger partial charge on any atom is 0.517 e. The van der Waals surface area contributed by atoms with Crippen molar-refractivity contribution in [1.29, 1.82) is 0 Å². The molecule has 0 aromatic carbocycles. The van der Waals surface area contributed by atoms with E-state index in [2.05, 4.69) is 3.84 Å². The fourth-order valence-electron chi connectivity index (χ4n) is 0.0875. The van der Waals surface area contributed by atoms with Crippen molar-refractivity contribution in [2.24, 2.45) is 0 Å². The van der Waals surface area contributed by atoms with Crippen molar-refractivity contribution in [1.82, 2.24) is 0 Å². The van der Waals surface area contributed by atoms with Gasteiger partial charge in [-0.05, 0) is 0 Å². The Morgan fingerprint density at radius 1 is 0.667 bits per heavy atom. The Bertz CT molecular complexity index is 80.2. The van der Waals surface area contributed by atoms with Gasteiger partial charge in [-0.2, -0.15) is 28.0 Å². The predicted molar refractivity (Wildman–Crippen MR) is 19.0 cm³/mol. The molecule has 0 aliphatic heterocycles. The second kappa shape index (κ2) is 8.56. The van der Waals surface area contributed by atoms with Crippen LogP contribution in [0.15, 0.2) is 0 Å². The van der Waals surface area contributed by atoms with Crippen LogP contribution in [0.2, 0.25) is 0 Å². The molecule has 0 fully saturated rings. The second-order valence-corrected chi connectivity index (χ2v) is 2.79. The molecule has 0 amide bonds. The first-order valence-electron chi connectivity index (χ1n) is 1.23.